The average molecular weight is 243 g/mol. The second-order valence-corrected chi connectivity index (χ2v) is 3.98. The Morgan fingerprint density at radius 3 is 2.46 bits per heavy atom. The monoisotopic (exact) mass is 242 g/mol. The van der Waals surface area contributed by atoms with Crippen LogP contribution in [0, 0.1) is 0 Å². The lowest BCUT2D eigenvalue weighted by Gasteiger charge is -2.12. The molecule has 0 aliphatic carbocycles. The van der Waals surface area contributed by atoms with Crippen molar-refractivity contribution in [2.24, 2.45) is 0 Å². The van der Waals surface area contributed by atoms with Gasteiger partial charge in [0.05, 0.1) is 6.10 Å². The maximum atomic E-state index is 5.60. The highest BCUT2D eigenvalue weighted by Crippen LogP contribution is 2.19. The van der Waals surface area contributed by atoms with Crippen molar-refractivity contribution in [1.29, 1.82) is 0 Å². The molecule has 0 saturated carbocycles. The van der Waals surface area contributed by atoms with Gasteiger partial charge in [-0.25, -0.2) is 0 Å². The molecule has 0 N–H and O–H groups in total. The van der Waals surface area contributed by atoms with Gasteiger partial charge in [-0.3, -0.25) is 0 Å². The van der Waals surface area contributed by atoms with Crippen molar-refractivity contribution in [3.63, 3.8) is 0 Å². The molecule has 0 saturated heterocycles. The Bertz CT molecular complexity index is 243. The maximum absolute atomic E-state index is 5.60. The van der Waals surface area contributed by atoms with Crippen LogP contribution in [0.1, 0.15) is 31.9 Å². The van der Waals surface area contributed by atoms with Gasteiger partial charge in [-0.15, -0.1) is 0 Å². The smallest absolute Gasteiger partial charge is 0.0796 e. The maximum Gasteiger partial charge on any atom is 0.0796 e. The molecule has 1 atom stereocenters. The summed E-state index contributed by atoms with van der Waals surface area (Å²) < 4.78 is 6.71. The first-order valence-electron chi connectivity index (χ1n) is 4.61. The van der Waals surface area contributed by atoms with Gasteiger partial charge in [0, 0.05) is 11.1 Å². The molecule has 0 aromatic heterocycles. The third kappa shape index (κ3) is 3.49. The minimum atomic E-state index is 0.202. The van der Waals surface area contributed by atoms with Crippen molar-refractivity contribution in [1.82, 2.24) is 0 Å². The quantitative estimate of drug-likeness (QED) is 0.778. The van der Waals surface area contributed by atoms with Crippen LogP contribution in [0.15, 0.2) is 28.7 Å². The minimum absolute atomic E-state index is 0.202. The van der Waals surface area contributed by atoms with E-state index in [-0.39, 0.29) is 6.10 Å². The number of hydrogen-bond acceptors (Lipinski definition) is 1. The highest BCUT2D eigenvalue weighted by Gasteiger charge is 2.03. The molecule has 72 valence electrons. The van der Waals surface area contributed by atoms with E-state index in [1.54, 1.807) is 0 Å². The zero-order valence-corrected chi connectivity index (χ0v) is 9.67. The van der Waals surface area contributed by atoms with Gasteiger partial charge in [-0.2, -0.15) is 0 Å². The predicted molar refractivity (Wildman–Crippen MR) is 58.8 cm³/mol. The van der Waals surface area contributed by atoms with Gasteiger partial charge in [0.2, 0.25) is 0 Å². The Morgan fingerprint density at radius 2 is 1.92 bits per heavy atom. The normalized spacial score (nSPS) is 12.8. The fourth-order valence-corrected chi connectivity index (χ4v) is 1.39. The molecule has 0 amide bonds. The van der Waals surface area contributed by atoms with Gasteiger partial charge in [0.1, 0.15) is 0 Å². The van der Waals surface area contributed by atoms with Crippen LogP contribution in [0.5, 0.6) is 0 Å². The SMILES string of the molecule is CCCO[C@@H](C)c1ccc(Br)cc1. The van der Waals surface area contributed by atoms with Crippen LogP contribution in [0.3, 0.4) is 0 Å². The van der Waals surface area contributed by atoms with Crippen LogP contribution in [-0.2, 0) is 4.74 Å². The fourth-order valence-electron chi connectivity index (χ4n) is 1.12. The van der Waals surface area contributed by atoms with Crippen molar-refractivity contribution >= 4 is 15.9 Å². The van der Waals surface area contributed by atoms with E-state index in [0.29, 0.717) is 0 Å². The lowest BCUT2D eigenvalue weighted by Crippen LogP contribution is -2.00. The number of halogens is 1. The molecule has 0 radical (unpaired) electrons. The molecule has 0 aliphatic rings. The number of hydrogen-bond donors (Lipinski definition) is 0. The topological polar surface area (TPSA) is 9.23 Å². The molecule has 0 heterocycles. The second kappa shape index (κ2) is 5.40. The Morgan fingerprint density at radius 1 is 1.31 bits per heavy atom. The molecule has 0 fully saturated rings. The Hall–Kier alpha value is -0.340. The molecular formula is C11H15BrO. The predicted octanol–water partition coefficient (Wildman–Crippen LogP) is 3.94. The number of benzene rings is 1. The van der Waals surface area contributed by atoms with Gasteiger partial charge < -0.3 is 4.74 Å². The Labute approximate surface area is 88.2 Å². The first-order chi connectivity index (χ1) is 6.24. The molecule has 0 spiro atoms. The summed E-state index contributed by atoms with van der Waals surface area (Å²) in [5.74, 6) is 0. The van der Waals surface area contributed by atoms with E-state index < -0.39 is 0 Å². The molecule has 1 aromatic carbocycles. The first-order valence-corrected chi connectivity index (χ1v) is 5.40. The van der Waals surface area contributed by atoms with Crippen molar-refractivity contribution in [2.75, 3.05) is 6.61 Å². The molecular weight excluding hydrogens is 228 g/mol. The standard InChI is InChI=1S/C11H15BrO/c1-3-8-13-9(2)10-4-6-11(12)7-5-10/h4-7,9H,3,8H2,1-2H3/t9-/m0/s1. The van der Waals surface area contributed by atoms with Crippen LogP contribution in [0.4, 0.5) is 0 Å². The Kier molecular flexibility index (Phi) is 4.46. The fraction of sp³-hybridized carbons (Fsp3) is 0.455. The largest absolute Gasteiger partial charge is 0.374 e. The van der Waals surface area contributed by atoms with E-state index in [9.17, 15) is 0 Å². The van der Waals surface area contributed by atoms with Gasteiger partial charge in [0.25, 0.3) is 0 Å². The number of ether oxygens (including phenoxy) is 1. The van der Waals surface area contributed by atoms with Crippen LogP contribution in [0.2, 0.25) is 0 Å². The van der Waals surface area contributed by atoms with Crippen LogP contribution in [-0.4, -0.2) is 6.61 Å². The third-order valence-electron chi connectivity index (χ3n) is 1.91. The minimum Gasteiger partial charge on any atom is -0.374 e. The summed E-state index contributed by atoms with van der Waals surface area (Å²) in [6.07, 6.45) is 1.27. The van der Waals surface area contributed by atoms with Crippen LogP contribution in [0.25, 0.3) is 0 Å². The molecule has 1 aromatic rings. The zero-order valence-electron chi connectivity index (χ0n) is 8.09. The van der Waals surface area contributed by atoms with Crippen molar-refractivity contribution in [3.05, 3.63) is 34.3 Å². The van der Waals surface area contributed by atoms with E-state index in [1.165, 1.54) is 5.56 Å². The summed E-state index contributed by atoms with van der Waals surface area (Å²) in [6.45, 7) is 5.03. The third-order valence-corrected chi connectivity index (χ3v) is 2.44. The van der Waals surface area contributed by atoms with Crippen molar-refractivity contribution in [3.8, 4) is 0 Å². The summed E-state index contributed by atoms with van der Waals surface area (Å²) in [5.41, 5.74) is 1.23. The molecule has 13 heavy (non-hydrogen) atoms. The summed E-state index contributed by atoms with van der Waals surface area (Å²) in [4.78, 5) is 0. The molecule has 1 rings (SSSR count). The molecule has 1 nitrogen and oxygen atoms in total. The van der Waals surface area contributed by atoms with Gasteiger partial charge in [0.15, 0.2) is 0 Å². The van der Waals surface area contributed by atoms with Crippen LogP contribution < -0.4 is 0 Å². The van der Waals surface area contributed by atoms with E-state index in [2.05, 4.69) is 41.9 Å². The molecule has 0 unspecified atom stereocenters. The summed E-state index contributed by atoms with van der Waals surface area (Å²) >= 11 is 3.41. The average Bonchev–Trinajstić information content (AvgIpc) is 2.15. The zero-order chi connectivity index (χ0) is 9.68. The number of rotatable bonds is 4. The summed E-state index contributed by atoms with van der Waals surface area (Å²) in [5, 5.41) is 0. The van der Waals surface area contributed by atoms with Crippen molar-refractivity contribution in [2.45, 2.75) is 26.4 Å². The lowest BCUT2D eigenvalue weighted by molar-refractivity contribution is 0.0663. The molecule has 2 heteroatoms. The van der Waals surface area contributed by atoms with E-state index in [0.717, 1.165) is 17.5 Å². The van der Waals surface area contributed by atoms with E-state index >= 15 is 0 Å². The highest BCUT2D eigenvalue weighted by atomic mass is 79.9. The second-order valence-electron chi connectivity index (χ2n) is 3.06. The van der Waals surface area contributed by atoms with Gasteiger partial charge >= 0.3 is 0 Å². The summed E-state index contributed by atoms with van der Waals surface area (Å²) in [6, 6.07) is 8.26. The van der Waals surface area contributed by atoms with E-state index in [1.807, 2.05) is 12.1 Å². The van der Waals surface area contributed by atoms with Gasteiger partial charge in [-0.1, -0.05) is 35.0 Å². The Balaban J connectivity index is 2.55. The van der Waals surface area contributed by atoms with E-state index in [4.69, 9.17) is 4.74 Å². The first kappa shape index (κ1) is 10.7. The molecule has 0 aliphatic heterocycles. The lowest BCUT2D eigenvalue weighted by atomic mass is 10.1. The highest BCUT2D eigenvalue weighted by molar-refractivity contribution is 9.10. The molecule has 0 bridgehead atoms. The summed E-state index contributed by atoms with van der Waals surface area (Å²) in [7, 11) is 0. The van der Waals surface area contributed by atoms with Crippen molar-refractivity contribution < 1.29 is 4.74 Å². The van der Waals surface area contributed by atoms with Gasteiger partial charge in [-0.05, 0) is 31.0 Å². The van der Waals surface area contributed by atoms with Crippen LogP contribution >= 0.6 is 15.9 Å².